The Bertz CT molecular complexity index is 407. The predicted molar refractivity (Wildman–Crippen MR) is 52.4 cm³/mol. The minimum atomic E-state index is -3.09. The van der Waals surface area contributed by atoms with Crippen molar-refractivity contribution in [2.45, 2.75) is 12.8 Å². The Kier molecular flexibility index (Phi) is 3.93. The third kappa shape index (κ3) is 3.64. The van der Waals surface area contributed by atoms with Crippen LogP contribution in [0.3, 0.4) is 0 Å². The first-order valence-corrected chi connectivity index (χ1v) is 4.39. The monoisotopic (exact) mass is 229 g/mol. The average molecular weight is 229 g/mol. The molecule has 1 aromatic carbocycles. The highest BCUT2D eigenvalue weighted by atomic mass is 19.3. The summed E-state index contributed by atoms with van der Waals surface area (Å²) in [5.41, 5.74) is 0.587. The van der Waals surface area contributed by atoms with Crippen LogP contribution in [0.1, 0.15) is 5.56 Å². The fourth-order valence-electron chi connectivity index (χ4n) is 1.13. The van der Waals surface area contributed by atoms with Crippen LogP contribution >= 0.6 is 0 Å². The highest BCUT2D eigenvalue weighted by Crippen LogP contribution is 2.12. The molecule has 16 heavy (non-hydrogen) atoms. The van der Waals surface area contributed by atoms with Crippen LogP contribution in [0.5, 0.6) is 0 Å². The van der Waals surface area contributed by atoms with E-state index in [0.29, 0.717) is 5.56 Å². The van der Waals surface area contributed by atoms with E-state index in [2.05, 4.69) is 0 Å². The van der Waals surface area contributed by atoms with Gasteiger partial charge in [0.2, 0.25) is 0 Å². The topological polar surface area (TPSA) is 66.4 Å². The first kappa shape index (κ1) is 12.1. The summed E-state index contributed by atoms with van der Waals surface area (Å²) in [7, 11) is 0. The number of carboxylic acids is 1. The molecular weight excluding hydrogens is 220 g/mol. The van der Waals surface area contributed by atoms with Crippen LogP contribution in [0, 0.1) is 0 Å². The van der Waals surface area contributed by atoms with Crippen molar-refractivity contribution in [2.75, 3.05) is 5.32 Å². The Labute approximate surface area is 89.9 Å². The van der Waals surface area contributed by atoms with Crippen molar-refractivity contribution >= 4 is 17.6 Å². The lowest BCUT2D eigenvalue weighted by molar-refractivity contribution is -0.136. The zero-order chi connectivity index (χ0) is 12.1. The van der Waals surface area contributed by atoms with Gasteiger partial charge in [0.1, 0.15) is 0 Å². The zero-order valence-corrected chi connectivity index (χ0v) is 8.11. The average Bonchev–Trinajstić information content (AvgIpc) is 2.16. The Morgan fingerprint density at radius 2 is 2.06 bits per heavy atom. The van der Waals surface area contributed by atoms with Crippen LogP contribution < -0.4 is 5.32 Å². The van der Waals surface area contributed by atoms with E-state index in [1.807, 2.05) is 5.32 Å². The van der Waals surface area contributed by atoms with Gasteiger partial charge in [-0.3, -0.25) is 9.59 Å². The second-order valence-corrected chi connectivity index (χ2v) is 3.06. The number of carboxylic acid groups (broad SMARTS) is 1. The second kappa shape index (κ2) is 5.20. The molecule has 0 radical (unpaired) electrons. The molecule has 4 nitrogen and oxygen atoms in total. The van der Waals surface area contributed by atoms with E-state index >= 15 is 0 Å². The molecule has 0 aliphatic carbocycles. The van der Waals surface area contributed by atoms with Gasteiger partial charge >= 0.3 is 12.4 Å². The van der Waals surface area contributed by atoms with Crippen LogP contribution in [-0.4, -0.2) is 23.4 Å². The number of benzene rings is 1. The number of hydrogen-bond acceptors (Lipinski definition) is 2. The van der Waals surface area contributed by atoms with Gasteiger partial charge in [0.05, 0.1) is 6.42 Å². The molecular formula is C10H9F2NO3. The molecule has 0 heterocycles. The maximum absolute atomic E-state index is 11.9. The van der Waals surface area contributed by atoms with Gasteiger partial charge in [-0.05, 0) is 17.7 Å². The van der Waals surface area contributed by atoms with Crippen LogP contribution in [0.15, 0.2) is 24.3 Å². The van der Waals surface area contributed by atoms with Gasteiger partial charge in [-0.1, -0.05) is 12.1 Å². The highest BCUT2D eigenvalue weighted by Gasteiger charge is 2.15. The summed E-state index contributed by atoms with van der Waals surface area (Å²) in [4.78, 5) is 21.1. The first-order chi connectivity index (χ1) is 7.49. The maximum Gasteiger partial charge on any atom is 0.315 e. The molecule has 0 atom stereocenters. The highest BCUT2D eigenvalue weighted by molar-refractivity contribution is 5.93. The molecule has 0 aliphatic heterocycles. The fraction of sp³-hybridized carbons (Fsp3) is 0.200. The van der Waals surface area contributed by atoms with Gasteiger partial charge < -0.3 is 10.4 Å². The SMILES string of the molecule is O=C(O)Cc1cccc(NC(=O)C(F)F)c1. The van der Waals surface area contributed by atoms with Gasteiger partial charge in [-0.15, -0.1) is 0 Å². The van der Waals surface area contributed by atoms with E-state index in [0.717, 1.165) is 0 Å². The summed E-state index contributed by atoms with van der Waals surface area (Å²) in [6.07, 6.45) is -3.32. The number of nitrogens with one attached hydrogen (secondary N) is 1. The summed E-state index contributed by atoms with van der Waals surface area (Å²) >= 11 is 0. The number of carbonyl (C=O) groups is 2. The molecule has 0 spiro atoms. The van der Waals surface area contributed by atoms with E-state index in [1.54, 1.807) is 0 Å². The van der Waals surface area contributed by atoms with Crippen molar-refractivity contribution in [2.24, 2.45) is 0 Å². The number of alkyl halides is 2. The van der Waals surface area contributed by atoms with Crippen LogP contribution in [0.2, 0.25) is 0 Å². The summed E-state index contributed by atoms with van der Waals surface area (Å²) < 4.78 is 23.8. The van der Waals surface area contributed by atoms with Crippen LogP contribution in [-0.2, 0) is 16.0 Å². The molecule has 0 fully saturated rings. The smallest absolute Gasteiger partial charge is 0.315 e. The number of carbonyl (C=O) groups excluding carboxylic acids is 1. The standard InChI is InChI=1S/C10H9F2NO3/c11-9(12)10(16)13-7-3-1-2-6(4-7)5-8(14)15/h1-4,9H,5H2,(H,13,16)(H,14,15). The van der Waals surface area contributed by atoms with Crippen molar-refractivity contribution in [3.8, 4) is 0 Å². The van der Waals surface area contributed by atoms with E-state index in [1.165, 1.54) is 24.3 Å². The molecule has 6 heteroatoms. The molecule has 0 unspecified atom stereocenters. The molecule has 0 aliphatic rings. The van der Waals surface area contributed by atoms with Crippen molar-refractivity contribution < 1.29 is 23.5 Å². The summed E-state index contributed by atoms with van der Waals surface area (Å²) in [6.45, 7) is 0. The lowest BCUT2D eigenvalue weighted by atomic mass is 10.1. The number of rotatable bonds is 4. The minimum absolute atomic E-state index is 0.157. The molecule has 1 rings (SSSR count). The zero-order valence-electron chi connectivity index (χ0n) is 8.11. The largest absolute Gasteiger partial charge is 0.481 e. The normalized spacial score (nSPS) is 10.2. The number of halogens is 2. The van der Waals surface area contributed by atoms with Gasteiger partial charge in [0.25, 0.3) is 5.91 Å². The molecule has 0 saturated heterocycles. The third-order valence-electron chi connectivity index (χ3n) is 1.75. The first-order valence-electron chi connectivity index (χ1n) is 4.39. The van der Waals surface area contributed by atoms with Crippen molar-refractivity contribution in [3.05, 3.63) is 29.8 Å². The lowest BCUT2D eigenvalue weighted by Gasteiger charge is -2.05. The van der Waals surface area contributed by atoms with E-state index in [9.17, 15) is 18.4 Å². The molecule has 0 bridgehead atoms. The van der Waals surface area contributed by atoms with Gasteiger partial charge in [0.15, 0.2) is 0 Å². The Morgan fingerprint density at radius 1 is 1.38 bits per heavy atom. The Hall–Kier alpha value is -1.98. The number of amides is 1. The van der Waals surface area contributed by atoms with Gasteiger partial charge in [-0.2, -0.15) is 8.78 Å². The Morgan fingerprint density at radius 3 is 2.62 bits per heavy atom. The van der Waals surface area contributed by atoms with Crippen molar-refractivity contribution in [1.82, 2.24) is 0 Å². The van der Waals surface area contributed by atoms with Gasteiger partial charge in [0, 0.05) is 5.69 Å². The summed E-state index contributed by atoms with van der Waals surface area (Å²) in [5.74, 6) is -2.44. The molecule has 86 valence electrons. The predicted octanol–water partition coefficient (Wildman–Crippen LogP) is 1.52. The molecule has 0 saturated carbocycles. The lowest BCUT2D eigenvalue weighted by Crippen LogP contribution is -2.20. The van der Waals surface area contributed by atoms with Gasteiger partial charge in [-0.25, -0.2) is 0 Å². The summed E-state index contributed by atoms with van der Waals surface area (Å²) in [6, 6.07) is 5.77. The molecule has 1 amide bonds. The van der Waals surface area contributed by atoms with Crippen molar-refractivity contribution in [3.63, 3.8) is 0 Å². The van der Waals surface area contributed by atoms with E-state index < -0.39 is 18.3 Å². The summed E-state index contributed by atoms with van der Waals surface area (Å²) in [5, 5.41) is 10.5. The molecule has 2 N–H and O–H groups in total. The number of aliphatic carboxylic acids is 1. The van der Waals surface area contributed by atoms with Crippen LogP contribution in [0.4, 0.5) is 14.5 Å². The third-order valence-corrected chi connectivity index (χ3v) is 1.75. The van der Waals surface area contributed by atoms with E-state index in [4.69, 9.17) is 5.11 Å². The molecule has 1 aromatic rings. The quantitative estimate of drug-likeness (QED) is 0.822. The Balaban J connectivity index is 2.74. The number of anilines is 1. The maximum atomic E-state index is 11.9. The minimum Gasteiger partial charge on any atom is -0.481 e. The fourth-order valence-corrected chi connectivity index (χ4v) is 1.13. The second-order valence-electron chi connectivity index (χ2n) is 3.06. The van der Waals surface area contributed by atoms with Crippen molar-refractivity contribution in [1.29, 1.82) is 0 Å². The number of hydrogen-bond donors (Lipinski definition) is 2. The van der Waals surface area contributed by atoms with Crippen LogP contribution in [0.25, 0.3) is 0 Å². The molecule has 0 aromatic heterocycles. The van der Waals surface area contributed by atoms with E-state index in [-0.39, 0.29) is 12.1 Å².